The Kier molecular flexibility index (Phi) is 15.0. The third-order valence-corrected chi connectivity index (χ3v) is 7.84. The van der Waals surface area contributed by atoms with Crippen LogP contribution in [0.5, 0.6) is 0 Å². The fraction of sp³-hybridized carbons (Fsp3) is 0.455. The van der Waals surface area contributed by atoms with E-state index < -0.39 is 36.0 Å². The van der Waals surface area contributed by atoms with E-state index in [9.17, 15) is 19.2 Å². The molecular weight excluding hydrogens is 618 g/mol. The lowest BCUT2D eigenvalue weighted by Crippen LogP contribution is -2.54. The van der Waals surface area contributed by atoms with E-state index in [1.165, 1.54) is 0 Å². The van der Waals surface area contributed by atoms with Crippen LogP contribution < -0.4 is 38.9 Å². The maximum absolute atomic E-state index is 13.6. The summed E-state index contributed by atoms with van der Waals surface area (Å²) in [6.45, 7) is 0.836. The molecule has 0 fully saturated rings. The number of hydrogen-bond donors (Lipinski definition) is 8. The minimum atomic E-state index is -1.06. The number of nitrogens with two attached hydrogens (primary N) is 4. The third kappa shape index (κ3) is 12.1. The second-order valence-corrected chi connectivity index (χ2v) is 11.5. The number of hydrogen-bond acceptors (Lipinski definition) is 7. The van der Waals surface area contributed by atoms with Crippen molar-refractivity contribution in [2.75, 3.05) is 26.2 Å². The first-order valence-corrected chi connectivity index (χ1v) is 16.1. The Morgan fingerprint density at radius 2 is 1.27 bits per heavy atom. The van der Waals surface area contributed by atoms with Gasteiger partial charge >= 0.3 is 12.1 Å². The molecule has 3 rings (SSSR count). The van der Waals surface area contributed by atoms with Gasteiger partial charge in [0.2, 0.25) is 11.8 Å². The van der Waals surface area contributed by atoms with Crippen LogP contribution in [-0.2, 0) is 19.1 Å². The van der Waals surface area contributed by atoms with Crippen molar-refractivity contribution in [3.63, 3.8) is 0 Å². The molecule has 0 bridgehead atoms. The van der Waals surface area contributed by atoms with Gasteiger partial charge in [0.05, 0.1) is 0 Å². The number of carbonyl (C=O) groups is 4. The molecule has 3 amide bonds. The van der Waals surface area contributed by atoms with Gasteiger partial charge in [0.25, 0.3) is 0 Å². The van der Waals surface area contributed by atoms with Crippen LogP contribution in [-0.4, -0.2) is 79.2 Å². The van der Waals surface area contributed by atoms with Crippen LogP contribution in [0.15, 0.2) is 58.5 Å². The Bertz CT molecular complexity index is 1410. The van der Waals surface area contributed by atoms with Gasteiger partial charge in [0.15, 0.2) is 11.9 Å². The number of guanidine groups is 2. The van der Waals surface area contributed by atoms with Gasteiger partial charge in [-0.3, -0.25) is 24.4 Å². The fourth-order valence-corrected chi connectivity index (χ4v) is 5.51. The van der Waals surface area contributed by atoms with Crippen LogP contribution in [0.25, 0.3) is 11.1 Å². The van der Waals surface area contributed by atoms with Crippen molar-refractivity contribution in [3.05, 3.63) is 59.7 Å². The van der Waals surface area contributed by atoms with E-state index in [-0.39, 0.29) is 56.8 Å². The number of aliphatic imine (C=N–C) groups is 2. The molecule has 0 radical (unpaired) electrons. The van der Waals surface area contributed by atoms with Crippen molar-refractivity contribution in [2.45, 2.75) is 69.4 Å². The predicted molar refractivity (Wildman–Crippen MR) is 183 cm³/mol. The van der Waals surface area contributed by atoms with Crippen molar-refractivity contribution >= 4 is 35.8 Å². The van der Waals surface area contributed by atoms with Gasteiger partial charge in [-0.25, -0.2) is 4.79 Å². The van der Waals surface area contributed by atoms with Crippen LogP contribution >= 0.6 is 0 Å². The number of amides is 3. The van der Waals surface area contributed by atoms with Gasteiger partial charge in [-0.05, 0) is 60.8 Å². The Morgan fingerprint density at radius 3 is 1.81 bits per heavy atom. The highest BCUT2D eigenvalue weighted by Gasteiger charge is 2.30. The van der Waals surface area contributed by atoms with E-state index in [2.05, 4.69) is 25.9 Å². The molecule has 0 saturated carbocycles. The molecule has 2 aromatic carbocycles. The molecule has 15 heteroatoms. The highest BCUT2D eigenvalue weighted by atomic mass is 16.5. The zero-order valence-electron chi connectivity index (χ0n) is 27.0. The summed E-state index contributed by atoms with van der Waals surface area (Å²) >= 11 is 0. The van der Waals surface area contributed by atoms with Gasteiger partial charge in [-0.1, -0.05) is 55.0 Å². The quantitative estimate of drug-likeness (QED) is 0.0570. The predicted octanol–water partition coefficient (Wildman–Crippen LogP) is 1.25. The number of aliphatic carboxylic acids is 1. The van der Waals surface area contributed by atoms with E-state index >= 15 is 0 Å². The molecule has 0 aromatic heterocycles. The lowest BCUT2D eigenvalue weighted by atomic mass is 9.98. The highest BCUT2D eigenvalue weighted by molar-refractivity contribution is 5.91. The van der Waals surface area contributed by atoms with E-state index in [4.69, 9.17) is 32.8 Å². The maximum Gasteiger partial charge on any atom is 0.407 e. The van der Waals surface area contributed by atoms with Crippen LogP contribution in [0.4, 0.5) is 4.79 Å². The Morgan fingerprint density at radius 1 is 0.729 bits per heavy atom. The first-order chi connectivity index (χ1) is 23.1. The van der Waals surface area contributed by atoms with Gasteiger partial charge in [-0.15, -0.1) is 0 Å². The molecule has 260 valence electrons. The normalized spacial score (nSPS) is 12.8. The smallest absolute Gasteiger partial charge is 0.407 e. The van der Waals surface area contributed by atoms with Crippen molar-refractivity contribution < 1.29 is 29.0 Å². The Balaban J connectivity index is 1.66. The molecular formula is C33H47N9O6. The standard InChI is InChI=1S/C33H47N9O6/c34-31(35)39-18-8-14-26(29(45)38-17-7-1-2-16-28(43)44)41-30(46)27(15-9-19-40-32(36)37)42-33(47)48-20-25-23-12-5-3-10-21(23)22-11-4-6-13-24(22)25/h3-6,10-13,25-27H,1-2,7-9,14-20H2,(H,38,45)(H,41,46)(H,42,47)(H,43,44)(H4,34,35,39)(H4,36,37,40)/t26-,27-/m0/s1. The Labute approximate surface area is 280 Å². The third-order valence-electron chi connectivity index (χ3n) is 7.84. The molecule has 48 heavy (non-hydrogen) atoms. The summed E-state index contributed by atoms with van der Waals surface area (Å²) in [5.74, 6) is -2.24. The first kappa shape index (κ1) is 37.1. The summed E-state index contributed by atoms with van der Waals surface area (Å²) in [4.78, 5) is 58.4. The van der Waals surface area contributed by atoms with Crippen molar-refractivity contribution in [1.82, 2.24) is 16.0 Å². The maximum atomic E-state index is 13.6. The summed E-state index contributed by atoms with van der Waals surface area (Å²) < 4.78 is 5.67. The number of nitrogens with one attached hydrogen (secondary N) is 3. The topological polar surface area (TPSA) is 263 Å². The van der Waals surface area contributed by atoms with Gasteiger partial charge < -0.3 is 48.7 Å². The van der Waals surface area contributed by atoms with Crippen LogP contribution in [0.3, 0.4) is 0 Å². The average molecular weight is 666 g/mol. The molecule has 2 aromatic rings. The van der Waals surface area contributed by atoms with Crippen LogP contribution in [0.1, 0.15) is 68.4 Å². The summed E-state index contributed by atoms with van der Waals surface area (Å²) in [7, 11) is 0. The van der Waals surface area contributed by atoms with Crippen LogP contribution in [0.2, 0.25) is 0 Å². The zero-order chi connectivity index (χ0) is 34.9. The molecule has 1 aliphatic carbocycles. The van der Waals surface area contributed by atoms with Gasteiger partial charge in [0, 0.05) is 32.0 Å². The van der Waals surface area contributed by atoms with E-state index in [1.54, 1.807) is 0 Å². The number of nitrogens with zero attached hydrogens (tertiary/aromatic N) is 2. The largest absolute Gasteiger partial charge is 0.481 e. The molecule has 0 spiro atoms. The summed E-state index contributed by atoms with van der Waals surface area (Å²) in [5, 5.41) is 17.0. The summed E-state index contributed by atoms with van der Waals surface area (Å²) in [5.41, 5.74) is 26.0. The number of fused-ring (bicyclic) bond motifs is 3. The second kappa shape index (κ2) is 19.4. The number of carboxylic acid groups (broad SMARTS) is 1. The van der Waals surface area contributed by atoms with E-state index in [0.717, 1.165) is 22.3 Å². The average Bonchev–Trinajstić information content (AvgIpc) is 3.37. The van der Waals surface area contributed by atoms with E-state index in [0.29, 0.717) is 38.6 Å². The highest BCUT2D eigenvalue weighted by Crippen LogP contribution is 2.44. The number of rotatable bonds is 20. The minimum absolute atomic E-state index is 0.0542. The SMILES string of the molecule is NC(N)=NCCC[C@H](NC(=O)OCC1c2ccccc2-c2ccccc21)C(=O)N[C@@H](CCCN=C(N)N)C(=O)NCCCCCC(=O)O. The summed E-state index contributed by atoms with van der Waals surface area (Å²) in [6.07, 6.45) is 2.10. The number of unbranched alkanes of at least 4 members (excludes halogenated alkanes) is 2. The fourth-order valence-electron chi connectivity index (χ4n) is 5.51. The Hall–Kier alpha value is -5.34. The molecule has 2 atom stereocenters. The van der Waals surface area contributed by atoms with Crippen LogP contribution in [0, 0.1) is 0 Å². The number of carbonyl (C=O) groups excluding carboxylic acids is 3. The molecule has 1 aliphatic rings. The van der Waals surface area contributed by atoms with E-state index in [1.807, 2.05) is 48.5 Å². The molecule has 0 heterocycles. The second-order valence-electron chi connectivity index (χ2n) is 11.5. The van der Waals surface area contributed by atoms with Gasteiger partial charge in [0.1, 0.15) is 18.7 Å². The summed E-state index contributed by atoms with van der Waals surface area (Å²) in [6, 6.07) is 13.9. The lowest BCUT2D eigenvalue weighted by Gasteiger charge is -2.23. The molecule has 15 nitrogen and oxygen atoms in total. The molecule has 12 N–H and O–H groups in total. The van der Waals surface area contributed by atoms with Crippen molar-refractivity contribution in [2.24, 2.45) is 32.9 Å². The number of carboxylic acids is 1. The van der Waals surface area contributed by atoms with Crippen molar-refractivity contribution in [3.8, 4) is 11.1 Å². The number of ether oxygens (including phenoxy) is 1. The number of alkyl carbamates (subject to hydrolysis) is 1. The first-order valence-electron chi connectivity index (χ1n) is 16.1. The van der Waals surface area contributed by atoms with Gasteiger partial charge in [-0.2, -0.15) is 0 Å². The minimum Gasteiger partial charge on any atom is -0.481 e. The molecule has 0 aliphatic heterocycles. The zero-order valence-corrected chi connectivity index (χ0v) is 27.0. The lowest BCUT2D eigenvalue weighted by molar-refractivity contribution is -0.137. The monoisotopic (exact) mass is 665 g/mol. The molecule has 0 unspecified atom stereocenters. The molecule has 0 saturated heterocycles. The number of benzene rings is 2. The van der Waals surface area contributed by atoms with Crippen molar-refractivity contribution in [1.29, 1.82) is 0 Å².